The van der Waals surface area contributed by atoms with Crippen molar-refractivity contribution in [1.82, 2.24) is 9.97 Å². The van der Waals surface area contributed by atoms with Gasteiger partial charge in [0.2, 0.25) is 11.9 Å². The second-order valence-corrected chi connectivity index (χ2v) is 6.83. The number of nitrogens with zero attached hydrogens (tertiary/aromatic N) is 2. The Morgan fingerprint density at radius 3 is 2.48 bits per heavy atom. The Morgan fingerprint density at radius 2 is 1.81 bits per heavy atom. The zero-order valence-corrected chi connectivity index (χ0v) is 18.4. The molecular formula is C23H24N4O3S. The Kier molecular flexibility index (Phi) is 9.25. The van der Waals surface area contributed by atoms with Crippen LogP contribution in [0, 0.1) is 0 Å². The van der Waals surface area contributed by atoms with Gasteiger partial charge in [0.25, 0.3) is 0 Å². The molecule has 0 aliphatic carbocycles. The molecule has 0 atom stereocenters. The number of carbonyl (C=O) groups excluding carboxylic acids is 2. The van der Waals surface area contributed by atoms with E-state index in [1.807, 2.05) is 44.2 Å². The van der Waals surface area contributed by atoms with E-state index in [1.54, 1.807) is 30.5 Å². The normalized spacial score (nSPS) is 9.65. The Labute approximate surface area is 186 Å². The third-order valence-electron chi connectivity index (χ3n) is 3.70. The summed E-state index contributed by atoms with van der Waals surface area (Å²) in [5.74, 6) is -0.258. The van der Waals surface area contributed by atoms with Crippen LogP contribution >= 0.6 is 11.8 Å². The third-order valence-corrected chi connectivity index (χ3v) is 4.64. The Bertz CT molecular complexity index is 1040. The zero-order valence-electron chi connectivity index (χ0n) is 17.6. The monoisotopic (exact) mass is 436 g/mol. The van der Waals surface area contributed by atoms with Crippen molar-refractivity contribution in [2.24, 2.45) is 0 Å². The number of hydrogen-bond acceptors (Lipinski definition) is 7. The van der Waals surface area contributed by atoms with Gasteiger partial charge in [-0.05, 0) is 54.6 Å². The van der Waals surface area contributed by atoms with Gasteiger partial charge in [0.05, 0.1) is 12.7 Å². The minimum atomic E-state index is -0.411. The van der Waals surface area contributed by atoms with E-state index in [-0.39, 0.29) is 5.91 Å². The highest BCUT2D eigenvalue weighted by atomic mass is 32.2. The quantitative estimate of drug-likeness (QED) is 0.294. The second-order valence-electron chi connectivity index (χ2n) is 5.74. The molecule has 1 amide bonds. The van der Waals surface area contributed by atoms with E-state index in [2.05, 4.69) is 27.2 Å². The molecule has 7 nitrogen and oxygen atoms in total. The summed E-state index contributed by atoms with van der Waals surface area (Å²) in [5.41, 5.74) is 1.80. The molecule has 3 rings (SSSR count). The standard InChI is InChI=1S/C21H18N4O3S.C2H6/c1-3-18(26)23-15-7-9-17(10-8-15)29-19-11-12-22-21(25-19)24-16-6-4-5-14(13-16)20(27)28-2;1-2/h3-13H,1H2,2H3,(H,23,26)(H,22,24,25);1-2H3. The van der Waals surface area contributed by atoms with Crippen molar-refractivity contribution in [3.8, 4) is 0 Å². The molecular weight excluding hydrogens is 412 g/mol. The molecule has 3 aromatic rings. The molecule has 0 unspecified atom stereocenters. The number of nitrogens with one attached hydrogen (secondary N) is 2. The number of ether oxygens (including phenoxy) is 1. The van der Waals surface area contributed by atoms with Crippen molar-refractivity contribution in [1.29, 1.82) is 0 Å². The van der Waals surface area contributed by atoms with E-state index in [0.717, 1.165) is 9.92 Å². The molecule has 0 fully saturated rings. The van der Waals surface area contributed by atoms with Gasteiger partial charge >= 0.3 is 5.97 Å². The fourth-order valence-corrected chi connectivity index (χ4v) is 3.13. The molecule has 160 valence electrons. The van der Waals surface area contributed by atoms with Crippen LogP contribution in [0.1, 0.15) is 24.2 Å². The van der Waals surface area contributed by atoms with Gasteiger partial charge in [0.15, 0.2) is 0 Å². The topological polar surface area (TPSA) is 93.2 Å². The molecule has 0 aliphatic heterocycles. The molecule has 1 heterocycles. The highest BCUT2D eigenvalue weighted by Gasteiger charge is 2.07. The maximum atomic E-state index is 11.7. The lowest BCUT2D eigenvalue weighted by Gasteiger charge is -2.08. The lowest BCUT2D eigenvalue weighted by atomic mass is 10.2. The van der Waals surface area contributed by atoms with Gasteiger partial charge in [-0.15, -0.1) is 0 Å². The predicted molar refractivity (Wildman–Crippen MR) is 124 cm³/mol. The van der Waals surface area contributed by atoms with E-state index in [1.165, 1.54) is 24.9 Å². The number of methoxy groups -OCH3 is 1. The number of carbonyl (C=O) groups is 2. The maximum Gasteiger partial charge on any atom is 0.337 e. The summed E-state index contributed by atoms with van der Waals surface area (Å²) in [4.78, 5) is 32.7. The zero-order chi connectivity index (χ0) is 22.6. The molecule has 2 N–H and O–H groups in total. The lowest BCUT2D eigenvalue weighted by Crippen LogP contribution is -2.06. The first-order chi connectivity index (χ1) is 15.1. The smallest absolute Gasteiger partial charge is 0.337 e. The molecule has 0 saturated heterocycles. The van der Waals surface area contributed by atoms with E-state index in [9.17, 15) is 9.59 Å². The van der Waals surface area contributed by atoms with Crippen molar-refractivity contribution in [3.63, 3.8) is 0 Å². The number of esters is 1. The fraction of sp³-hybridized carbons (Fsp3) is 0.130. The van der Waals surface area contributed by atoms with Gasteiger partial charge in [-0.1, -0.05) is 38.3 Å². The van der Waals surface area contributed by atoms with Crippen LogP contribution in [0.25, 0.3) is 0 Å². The largest absolute Gasteiger partial charge is 0.465 e. The van der Waals surface area contributed by atoms with E-state index >= 15 is 0 Å². The Balaban J connectivity index is 0.00000166. The van der Waals surface area contributed by atoms with Crippen LogP contribution in [0.15, 0.2) is 83.4 Å². The summed E-state index contributed by atoms with van der Waals surface area (Å²) < 4.78 is 4.73. The number of amides is 1. The SMILES string of the molecule is C=CC(=O)Nc1ccc(Sc2ccnc(Nc3cccc(C(=O)OC)c3)n2)cc1.CC. The summed E-state index contributed by atoms with van der Waals surface area (Å²) in [7, 11) is 1.34. The number of anilines is 3. The van der Waals surface area contributed by atoms with Gasteiger partial charge in [-0.2, -0.15) is 0 Å². The second kappa shape index (κ2) is 12.1. The first kappa shape index (κ1) is 23.6. The Morgan fingerprint density at radius 1 is 1.06 bits per heavy atom. The van der Waals surface area contributed by atoms with Crippen LogP contribution < -0.4 is 10.6 Å². The van der Waals surface area contributed by atoms with E-state index < -0.39 is 5.97 Å². The fourth-order valence-electron chi connectivity index (χ4n) is 2.35. The average molecular weight is 437 g/mol. The lowest BCUT2D eigenvalue weighted by molar-refractivity contribution is -0.111. The van der Waals surface area contributed by atoms with Crippen LogP contribution in [0.4, 0.5) is 17.3 Å². The van der Waals surface area contributed by atoms with Gasteiger partial charge < -0.3 is 15.4 Å². The average Bonchev–Trinajstić information content (AvgIpc) is 2.81. The van der Waals surface area contributed by atoms with E-state index in [0.29, 0.717) is 22.9 Å². The van der Waals surface area contributed by atoms with Crippen LogP contribution in [0.2, 0.25) is 0 Å². The van der Waals surface area contributed by atoms with Crippen LogP contribution in [-0.2, 0) is 9.53 Å². The number of rotatable bonds is 7. The summed E-state index contributed by atoms with van der Waals surface area (Å²) >= 11 is 1.46. The first-order valence-electron chi connectivity index (χ1n) is 9.57. The highest BCUT2D eigenvalue weighted by Crippen LogP contribution is 2.28. The molecule has 0 bridgehead atoms. The van der Waals surface area contributed by atoms with Gasteiger partial charge in [0, 0.05) is 22.5 Å². The van der Waals surface area contributed by atoms with E-state index in [4.69, 9.17) is 4.74 Å². The number of benzene rings is 2. The molecule has 0 saturated carbocycles. The van der Waals surface area contributed by atoms with Gasteiger partial charge in [-0.25, -0.2) is 14.8 Å². The van der Waals surface area contributed by atoms with Crippen molar-refractivity contribution < 1.29 is 14.3 Å². The van der Waals surface area contributed by atoms with Crippen LogP contribution in [-0.4, -0.2) is 29.0 Å². The van der Waals surface area contributed by atoms with Crippen molar-refractivity contribution in [2.45, 2.75) is 23.8 Å². The summed E-state index contributed by atoms with van der Waals surface area (Å²) in [6.07, 6.45) is 2.87. The third kappa shape index (κ3) is 7.27. The Hall–Kier alpha value is -3.65. The predicted octanol–water partition coefficient (Wildman–Crippen LogP) is 5.31. The number of aromatic nitrogens is 2. The summed E-state index contributed by atoms with van der Waals surface area (Å²) in [6, 6.07) is 16.1. The van der Waals surface area contributed by atoms with Crippen molar-refractivity contribution in [2.75, 3.05) is 17.7 Å². The van der Waals surface area contributed by atoms with Gasteiger partial charge in [0.1, 0.15) is 5.03 Å². The van der Waals surface area contributed by atoms with Gasteiger partial charge in [-0.3, -0.25) is 4.79 Å². The minimum Gasteiger partial charge on any atom is -0.465 e. The molecule has 0 aliphatic rings. The molecule has 8 heteroatoms. The summed E-state index contributed by atoms with van der Waals surface area (Å²) in [6.45, 7) is 7.43. The van der Waals surface area contributed by atoms with Crippen LogP contribution in [0.5, 0.6) is 0 Å². The molecule has 2 aromatic carbocycles. The molecule has 1 aromatic heterocycles. The number of hydrogen-bond donors (Lipinski definition) is 2. The van der Waals surface area contributed by atoms with Crippen LogP contribution in [0.3, 0.4) is 0 Å². The minimum absolute atomic E-state index is 0.256. The molecule has 0 radical (unpaired) electrons. The molecule has 31 heavy (non-hydrogen) atoms. The molecule has 0 spiro atoms. The van der Waals surface area contributed by atoms with Crippen molar-refractivity contribution >= 4 is 41.0 Å². The highest BCUT2D eigenvalue weighted by molar-refractivity contribution is 7.99. The maximum absolute atomic E-state index is 11.7. The first-order valence-corrected chi connectivity index (χ1v) is 10.4. The summed E-state index contributed by atoms with van der Waals surface area (Å²) in [5, 5.41) is 6.53. The van der Waals surface area contributed by atoms with Crippen molar-refractivity contribution in [3.05, 3.63) is 79.0 Å².